The molecular weight excluding hydrogens is 452 g/mol. The molecule has 0 fully saturated rings. The molecule has 178 valence electrons. The molecule has 3 aromatic carbocycles. The minimum absolute atomic E-state index is 0.0919. The molecule has 0 heterocycles. The number of para-hydroxylation sites is 1. The number of carbonyl (C=O) groups excluding carboxylic acids is 2. The van der Waals surface area contributed by atoms with Gasteiger partial charge in [0.05, 0.1) is 19.5 Å². The summed E-state index contributed by atoms with van der Waals surface area (Å²) in [5.41, 5.74) is 1.24. The van der Waals surface area contributed by atoms with Crippen molar-refractivity contribution in [1.29, 1.82) is 0 Å². The number of hydrogen-bond acceptors (Lipinski definition) is 6. The number of anilines is 2. The number of thioether (sulfide) groups is 1. The zero-order chi connectivity index (χ0) is 24.3. The van der Waals surface area contributed by atoms with Crippen LogP contribution in [0.15, 0.2) is 77.7 Å². The summed E-state index contributed by atoms with van der Waals surface area (Å²) in [4.78, 5) is 26.1. The third kappa shape index (κ3) is 7.45. The van der Waals surface area contributed by atoms with E-state index in [0.29, 0.717) is 35.0 Å². The van der Waals surface area contributed by atoms with E-state index in [1.54, 1.807) is 50.6 Å². The lowest BCUT2D eigenvalue weighted by atomic mass is 10.2. The average molecular weight is 481 g/mol. The number of nitrogens with one attached hydrogen (secondary N) is 2. The van der Waals surface area contributed by atoms with E-state index in [0.717, 1.165) is 4.90 Å². The maximum absolute atomic E-state index is 12.9. The molecule has 1 unspecified atom stereocenters. The number of carbonyl (C=O) groups is 2. The van der Waals surface area contributed by atoms with Gasteiger partial charge in [0.25, 0.3) is 5.91 Å². The molecule has 7 nitrogen and oxygen atoms in total. The SMILES string of the molecule is CCC(Sc1cccc(NC(=O)COc2ccccc2)c1)C(=O)Nc1cc(OC)cc(OC)c1. The van der Waals surface area contributed by atoms with Gasteiger partial charge in [-0.2, -0.15) is 0 Å². The summed E-state index contributed by atoms with van der Waals surface area (Å²) >= 11 is 1.43. The van der Waals surface area contributed by atoms with Gasteiger partial charge in [0, 0.05) is 34.5 Å². The van der Waals surface area contributed by atoms with E-state index in [1.165, 1.54) is 11.8 Å². The van der Waals surface area contributed by atoms with Gasteiger partial charge in [0.15, 0.2) is 6.61 Å². The van der Waals surface area contributed by atoms with Gasteiger partial charge in [-0.05, 0) is 36.8 Å². The second kappa shape index (κ2) is 12.6. The van der Waals surface area contributed by atoms with Gasteiger partial charge >= 0.3 is 0 Å². The summed E-state index contributed by atoms with van der Waals surface area (Å²) in [7, 11) is 3.12. The third-order valence-corrected chi connectivity index (χ3v) is 6.15. The lowest BCUT2D eigenvalue weighted by Gasteiger charge is -2.16. The van der Waals surface area contributed by atoms with E-state index in [1.807, 2.05) is 43.3 Å². The van der Waals surface area contributed by atoms with Crippen molar-refractivity contribution in [3.8, 4) is 17.2 Å². The molecule has 0 aliphatic heterocycles. The molecule has 3 aromatic rings. The van der Waals surface area contributed by atoms with Crippen molar-refractivity contribution in [2.24, 2.45) is 0 Å². The second-order valence-corrected chi connectivity index (χ2v) is 8.56. The number of rotatable bonds is 11. The Balaban J connectivity index is 1.59. The zero-order valence-corrected chi connectivity index (χ0v) is 20.2. The molecule has 8 heteroatoms. The third-order valence-electron chi connectivity index (χ3n) is 4.79. The van der Waals surface area contributed by atoms with E-state index >= 15 is 0 Å². The van der Waals surface area contributed by atoms with Crippen LogP contribution in [0.3, 0.4) is 0 Å². The van der Waals surface area contributed by atoms with Crippen molar-refractivity contribution in [3.63, 3.8) is 0 Å². The Morgan fingerprint density at radius 1 is 0.824 bits per heavy atom. The van der Waals surface area contributed by atoms with Crippen LogP contribution in [0.2, 0.25) is 0 Å². The van der Waals surface area contributed by atoms with Gasteiger partial charge < -0.3 is 24.8 Å². The molecule has 2 amide bonds. The molecule has 0 radical (unpaired) electrons. The molecule has 2 N–H and O–H groups in total. The smallest absolute Gasteiger partial charge is 0.262 e. The van der Waals surface area contributed by atoms with Crippen molar-refractivity contribution in [3.05, 3.63) is 72.8 Å². The Kier molecular flexibility index (Phi) is 9.22. The second-order valence-electron chi connectivity index (χ2n) is 7.28. The highest BCUT2D eigenvalue weighted by atomic mass is 32.2. The topological polar surface area (TPSA) is 85.9 Å². The maximum atomic E-state index is 12.9. The van der Waals surface area contributed by atoms with Crippen molar-refractivity contribution in [2.75, 3.05) is 31.5 Å². The van der Waals surface area contributed by atoms with Crippen LogP contribution < -0.4 is 24.8 Å². The Hall–Kier alpha value is -3.65. The molecule has 3 rings (SSSR count). The van der Waals surface area contributed by atoms with E-state index in [-0.39, 0.29) is 23.7 Å². The summed E-state index contributed by atoms with van der Waals surface area (Å²) < 4.78 is 16.0. The highest BCUT2D eigenvalue weighted by Crippen LogP contribution is 2.30. The zero-order valence-electron chi connectivity index (χ0n) is 19.4. The monoisotopic (exact) mass is 480 g/mol. The molecule has 1 atom stereocenters. The van der Waals surface area contributed by atoms with Gasteiger partial charge in [-0.3, -0.25) is 9.59 Å². The number of ether oxygens (including phenoxy) is 3. The van der Waals surface area contributed by atoms with Crippen molar-refractivity contribution in [1.82, 2.24) is 0 Å². The highest BCUT2D eigenvalue weighted by Gasteiger charge is 2.19. The molecular formula is C26H28N2O5S. The molecule has 0 bridgehead atoms. The molecule has 0 aliphatic carbocycles. The molecule has 0 saturated heterocycles. The summed E-state index contributed by atoms with van der Waals surface area (Å²) in [5.74, 6) is 1.42. The fourth-order valence-corrected chi connectivity index (χ4v) is 4.11. The number of amides is 2. The van der Waals surface area contributed by atoms with Crippen LogP contribution in [0, 0.1) is 0 Å². The molecule has 34 heavy (non-hydrogen) atoms. The van der Waals surface area contributed by atoms with Gasteiger partial charge in [-0.1, -0.05) is 31.2 Å². The Morgan fingerprint density at radius 2 is 1.53 bits per heavy atom. The molecule has 0 spiro atoms. The number of methoxy groups -OCH3 is 2. The van der Waals surface area contributed by atoms with Crippen LogP contribution in [-0.4, -0.2) is 37.9 Å². The van der Waals surface area contributed by atoms with Gasteiger partial charge in [-0.15, -0.1) is 11.8 Å². The normalized spacial score (nSPS) is 11.3. The fourth-order valence-electron chi connectivity index (χ4n) is 3.10. The number of benzene rings is 3. The first-order valence-corrected chi connectivity index (χ1v) is 11.7. The van der Waals surface area contributed by atoms with E-state index < -0.39 is 0 Å². The Bertz CT molecular complexity index is 1090. The van der Waals surface area contributed by atoms with Gasteiger partial charge in [-0.25, -0.2) is 0 Å². The predicted octanol–water partition coefficient (Wildman–Crippen LogP) is 5.23. The Morgan fingerprint density at radius 3 is 2.18 bits per heavy atom. The summed E-state index contributed by atoms with van der Waals surface area (Å²) in [6, 6.07) is 21.8. The standard InChI is InChI=1S/C26H28N2O5S/c1-4-24(26(30)28-19-13-21(31-2)16-22(14-19)32-3)34-23-12-8-9-18(15-23)27-25(29)17-33-20-10-6-5-7-11-20/h5-16,24H,4,17H2,1-3H3,(H,27,29)(H,28,30). The maximum Gasteiger partial charge on any atom is 0.262 e. The average Bonchev–Trinajstić information content (AvgIpc) is 2.86. The molecule has 0 aromatic heterocycles. The number of hydrogen-bond donors (Lipinski definition) is 2. The van der Waals surface area contributed by atoms with Crippen LogP contribution in [0.25, 0.3) is 0 Å². The van der Waals surface area contributed by atoms with Crippen LogP contribution in [0.1, 0.15) is 13.3 Å². The van der Waals surface area contributed by atoms with Crippen molar-refractivity contribution < 1.29 is 23.8 Å². The van der Waals surface area contributed by atoms with E-state index in [4.69, 9.17) is 14.2 Å². The largest absolute Gasteiger partial charge is 0.497 e. The first kappa shape index (κ1) is 25.0. The first-order valence-electron chi connectivity index (χ1n) is 10.8. The van der Waals surface area contributed by atoms with E-state index in [9.17, 15) is 9.59 Å². The molecule has 0 saturated carbocycles. The quantitative estimate of drug-likeness (QED) is 0.366. The van der Waals surface area contributed by atoms with Crippen molar-refractivity contribution >= 4 is 35.0 Å². The fraction of sp³-hybridized carbons (Fsp3) is 0.231. The van der Waals surface area contributed by atoms with Crippen LogP contribution in [0.5, 0.6) is 17.2 Å². The van der Waals surface area contributed by atoms with E-state index in [2.05, 4.69) is 10.6 Å². The van der Waals surface area contributed by atoms with Crippen molar-refractivity contribution in [2.45, 2.75) is 23.5 Å². The minimum Gasteiger partial charge on any atom is -0.497 e. The lowest BCUT2D eigenvalue weighted by molar-refractivity contribution is -0.118. The summed E-state index contributed by atoms with van der Waals surface area (Å²) in [6.07, 6.45) is 0.624. The minimum atomic E-state index is -0.329. The van der Waals surface area contributed by atoms with Crippen LogP contribution in [0.4, 0.5) is 11.4 Å². The molecule has 0 aliphatic rings. The summed E-state index contributed by atoms with van der Waals surface area (Å²) in [6.45, 7) is 1.86. The Labute approximate surface area is 203 Å². The first-order chi connectivity index (χ1) is 16.5. The lowest BCUT2D eigenvalue weighted by Crippen LogP contribution is -2.24. The summed E-state index contributed by atoms with van der Waals surface area (Å²) in [5, 5.41) is 5.44. The highest BCUT2D eigenvalue weighted by molar-refractivity contribution is 8.00. The van der Waals surface area contributed by atoms with Gasteiger partial charge in [0.1, 0.15) is 17.2 Å². The van der Waals surface area contributed by atoms with Crippen LogP contribution >= 0.6 is 11.8 Å². The predicted molar refractivity (Wildman–Crippen MR) is 135 cm³/mol. The van der Waals surface area contributed by atoms with Crippen LogP contribution in [-0.2, 0) is 9.59 Å². The van der Waals surface area contributed by atoms with Gasteiger partial charge in [0.2, 0.25) is 5.91 Å².